The van der Waals surface area contributed by atoms with Crippen molar-refractivity contribution in [1.82, 2.24) is 10.0 Å². The molecule has 2 N–H and O–H groups in total. The molecule has 8 nitrogen and oxygen atoms in total. The zero-order valence-electron chi connectivity index (χ0n) is 26.2. The van der Waals surface area contributed by atoms with Crippen LogP contribution in [0.2, 0.25) is 5.02 Å². The van der Waals surface area contributed by atoms with Gasteiger partial charge in [-0.2, -0.15) is 0 Å². The molecule has 3 heterocycles. The van der Waals surface area contributed by atoms with Crippen LogP contribution in [0.3, 0.4) is 0 Å². The van der Waals surface area contributed by atoms with Crippen molar-refractivity contribution >= 4 is 33.2 Å². The van der Waals surface area contributed by atoms with Gasteiger partial charge in [-0.15, -0.1) is 0 Å². The number of benzene rings is 2. The average Bonchev–Trinajstić information content (AvgIpc) is 3.15. The first-order valence-electron chi connectivity index (χ1n) is 16.5. The molecule has 2 aliphatic carbocycles. The maximum atomic E-state index is 13.5. The minimum atomic E-state index is -3.91. The second-order valence-corrected chi connectivity index (χ2v) is 16.5. The molecule has 1 amide bonds. The first-order chi connectivity index (χ1) is 21.6. The number of halogens is 1. The smallest absolute Gasteiger partial charge is 0.264 e. The van der Waals surface area contributed by atoms with Crippen molar-refractivity contribution in [3.05, 3.63) is 70.3 Å². The van der Waals surface area contributed by atoms with Crippen LogP contribution in [0.1, 0.15) is 67.4 Å². The van der Waals surface area contributed by atoms with E-state index in [1.165, 1.54) is 11.1 Å². The van der Waals surface area contributed by atoms with Gasteiger partial charge in [0.2, 0.25) is 10.0 Å². The van der Waals surface area contributed by atoms with E-state index in [1.807, 2.05) is 25.1 Å². The first kappa shape index (κ1) is 31.0. The fourth-order valence-electron chi connectivity index (χ4n) is 8.35. The summed E-state index contributed by atoms with van der Waals surface area (Å²) in [5, 5.41) is 3.58. The van der Waals surface area contributed by atoms with Crippen molar-refractivity contribution in [3.8, 4) is 5.75 Å². The number of sulfonamides is 1. The predicted octanol–water partition coefficient (Wildman–Crippen LogP) is 5.24. The van der Waals surface area contributed by atoms with Crippen LogP contribution in [0.15, 0.2) is 48.6 Å². The van der Waals surface area contributed by atoms with Gasteiger partial charge in [0.1, 0.15) is 11.4 Å². The summed E-state index contributed by atoms with van der Waals surface area (Å²) in [5.41, 5.74) is 3.03. The van der Waals surface area contributed by atoms with Gasteiger partial charge >= 0.3 is 0 Å². The molecule has 7 rings (SSSR count). The van der Waals surface area contributed by atoms with Crippen molar-refractivity contribution in [2.24, 2.45) is 17.8 Å². The lowest BCUT2D eigenvalue weighted by atomic mass is 9.63. The molecule has 6 atom stereocenters. The van der Waals surface area contributed by atoms with Crippen LogP contribution in [0, 0.1) is 17.8 Å². The molecule has 1 saturated carbocycles. The quantitative estimate of drug-likeness (QED) is 0.376. The minimum absolute atomic E-state index is 0.189. The number of amides is 1. The topological polar surface area (TPSA) is 97.0 Å². The number of nitrogens with one attached hydrogen (secondary N) is 2. The lowest BCUT2D eigenvalue weighted by Gasteiger charge is -2.52. The van der Waals surface area contributed by atoms with Crippen molar-refractivity contribution < 1.29 is 22.7 Å². The molecule has 45 heavy (non-hydrogen) atoms. The highest BCUT2D eigenvalue weighted by Gasteiger charge is 2.50. The number of carbonyl (C=O) groups excluding carboxylic acids is 1. The summed E-state index contributed by atoms with van der Waals surface area (Å²) in [6, 6.07) is 11.6. The van der Waals surface area contributed by atoms with Crippen molar-refractivity contribution in [2.45, 2.75) is 68.6 Å². The van der Waals surface area contributed by atoms with Crippen molar-refractivity contribution in [1.29, 1.82) is 0 Å². The van der Waals surface area contributed by atoms with Gasteiger partial charge in [-0.25, -0.2) is 13.1 Å². The van der Waals surface area contributed by atoms with Gasteiger partial charge in [0.25, 0.3) is 5.91 Å². The van der Waals surface area contributed by atoms with Gasteiger partial charge < -0.3 is 19.7 Å². The molecule has 2 aromatic carbocycles. The van der Waals surface area contributed by atoms with E-state index in [1.54, 1.807) is 13.0 Å². The molecule has 242 valence electrons. The number of anilines is 1. The average molecular weight is 654 g/mol. The van der Waals surface area contributed by atoms with Gasteiger partial charge in [-0.1, -0.05) is 36.7 Å². The predicted molar refractivity (Wildman–Crippen MR) is 177 cm³/mol. The molecule has 1 saturated heterocycles. The Balaban J connectivity index is 1.32. The third-order valence-corrected chi connectivity index (χ3v) is 13.4. The molecule has 2 fully saturated rings. The number of hydrogen-bond donors (Lipinski definition) is 2. The minimum Gasteiger partial charge on any atom is -0.490 e. The Bertz CT molecular complexity index is 1610. The zero-order valence-corrected chi connectivity index (χ0v) is 27.8. The number of ether oxygens (including phenoxy) is 2. The number of morpholine rings is 1. The van der Waals surface area contributed by atoms with Crippen LogP contribution < -0.4 is 19.7 Å². The molecule has 2 spiro atoms. The van der Waals surface area contributed by atoms with Crippen LogP contribution in [0.25, 0.3) is 0 Å². The summed E-state index contributed by atoms with van der Waals surface area (Å²) in [6.07, 6.45) is 10.1. The van der Waals surface area contributed by atoms with Gasteiger partial charge in [-0.3, -0.25) is 4.79 Å². The van der Waals surface area contributed by atoms with E-state index in [-0.39, 0.29) is 11.3 Å². The van der Waals surface area contributed by atoms with Gasteiger partial charge in [0.05, 0.1) is 24.2 Å². The Morgan fingerprint density at radius 3 is 2.76 bits per heavy atom. The summed E-state index contributed by atoms with van der Waals surface area (Å²) in [5.74, 6) is 0.617. The molecule has 2 bridgehead atoms. The number of carbonyl (C=O) groups is 1. The largest absolute Gasteiger partial charge is 0.490 e. The summed E-state index contributed by atoms with van der Waals surface area (Å²) in [4.78, 5) is 15.9. The van der Waals surface area contributed by atoms with E-state index in [2.05, 4.69) is 39.2 Å². The van der Waals surface area contributed by atoms with E-state index in [0.29, 0.717) is 37.0 Å². The monoisotopic (exact) mass is 653 g/mol. The summed E-state index contributed by atoms with van der Waals surface area (Å²) >= 11 is 6.44. The highest BCUT2D eigenvalue weighted by Crippen LogP contribution is 2.49. The summed E-state index contributed by atoms with van der Waals surface area (Å²) in [6.45, 7) is 7.86. The molecule has 3 aliphatic heterocycles. The van der Waals surface area contributed by atoms with Crippen LogP contribution in [-0.4, -0.2) is 64.6 Å². The Labute approximate surface area is 271 Å². The van der Waals surface area contributed by atoms with E-state index in [0.717, 1.165) is 74.7 Å². The van der Waals surface area contributed by atoms with E-state index < -0.39 is 26.8 Å². The molecule has 0 aromatic heterocycles. The molecular formula is C35H44ClN3O5S. The summed E-state index contributed by atoms with van der Waals surface area (Å²) < 4.78 is 42.4. The lowest BCUT2D eigenvalue weighted by molar-refractivity contribution is -0.112. The van der Waals surface area contributed by atoms with Crippen LogP contribution in [0.5, 0.6) is 5.75 Å². The molecule has 10 heteroatoms. The second-order valence-electron chi connectivity index (χ2n) is 14.0. The van der Waals surface area contributed by atoms with Gasteiger partial charge in [-0.05, 0) is 105 Å². The molecule has 0 unspecified atom stereocenters. The number of aryl methyl sites for hydroxylation is 1. The maximum Gasteiger partial charge on any atom is 0.264 e. The van der Waals surface area contributed by atoms with Crippen LogP contribution >= 0.6 is 11.6 Å². The molecule has 2 aromatic rings. The van der Waals surface area contributed by atoms with Crippen LogP contribution in [0.4, 0.5) is 5.69 Å². The third kappa shape index (κ3) is 5.68. The SMILES string of the molecule is C[C@@H]1[C@@H](C)C/C=C\[C@]2(CNCCO2)[C@@H]2CC[C@H]2CN2C[C@@]3(CCCc4cc(Cl)ccc43)COc3ccc(cc32)C(=O)NS1(=O)=O. The zero-order chi connectivity index (χ0) is 31.4. The summed E-state index contributed by atoms with van der Waals surface area (Å²) in [7, 11) is -3.91. The highest BCUT2D eigenvalue weighted by atomic mass is 35.5. The van der Waals surface area contributed by atoms with E-state index in [9.17, 15) is 13.2 Å². The standard InChI is InChI=1S/C35H44ClN3O5S/c1-23-5-3-14-35(20-37-15-16-44-35)30-10-7-27(30)19-39-21-34(13-4-6-25-17-28(36)9-11-29(25)34)22-43-32-12-8-26(18-31(32)39)33(40)38-45(41,42)24(23)2/h3,8-9,11-12,14,17-18,23-24,27,30,37H,4-7,10,13,15-16,19-22H2,1-2H3,(H,38,40)/b14-3-/t23-,24+,27-,30+,34-,35-/m0/s1. The normalized spacial score (nSPS) is 35.3. The van der Waals surface area contributed by atoms with Crippen molar-refractivity contribution in [3.63, 3.8) is 0 Å². The van der Waals surface area contributed by atoms with Crippen molar-refractivity contribution in [2.75, 3.05) is 44.3 Å². The number of rotatable bonds is 0. The van der Waals surface area contributed by atoms with Gasteiger partial charge in [0, 0.05) is 42.2 Å². The number of allylic oxidation sites excluding steroid dienone is 1. The fraction of sp³-hybridized carbons (Fsp3) is 0.571. The van der Waals surface area contributed by atoms with Crippen LogP contribution in [-0.2, 0) is 26.6 Å². The molecule has 5 aliphatic rings. The molecular weight excluding hydrogens is 610 g/mol. The highest BCUT2D eigenvalue weighted by molar-refractivity contribution is 7.90. The Morgan fingerprint density at radius 1 is 1.11 bits per heavy atom. The first-order valence-corrected chi connectivity index (χ1v) is 18.4. The Morgan fingerprint density at radius 2 is 1.98 bits per heavy atom. The van der Waals surface area contributed by atoms with Gasteiger partial charge in [0.15, 0.2) is 0 Å². The third-order valence-electron chi connectivity index (χ3n) is 11.3. The second kappa shape index (κ2) is 11.9. The molecule has 0 radical (unpaired) electrons. The van der Waals surface area contributed by atoms with E-state index in [4.69, 9.17) is 21.1 Å². The number of fused-ring (bicyclic) bond motifs is 5. The maximum absolute atomic E-state index is 13.5. The Kier molecular flexibility index (Phi) is 8.20. The number of nitrogens with zero attached hydrogens (tertiary/aromatic N) is 1. The number of hydrogen-bond acceptors (Lipinski definition) is 7. The van der Waals surface area contributed by atoms with E-state index >= 15 is 0 Å². The fourth-order valence-corrected chi connectivity index (χ4v) is 9.83. The Hall–Kier alpha value is -2.59. The lowest BCUT2D eigenvalue weighted by Crippen LogP contribution is -2.59.